The predicted molar refractivity (Wildman–Crippen MR) is 28.4 cm³/mol. The predicted octanol–water partition coefficient (Wildman–Crippen LogP) is -0.0813. The molecule has 0 atom stereocenters. The van der Waals surface area contributed by atoms with Gasteiger partial charge in [0.05, 0.1) is 7.11 Å². The van der Waals surface area contributed by atoms with Gasteiger partial charge in [-0.25, -0.2) is 0 Å². The Balaban J connectivity index is -0.0000000600. The standard InChI is InChI=1S/C4H4O3.CH3.W.Y/c1-7-4(6)2-3-5;;;/h2H,1H3;1H3;;/q-2;-1;+2;. The number of hydrogen-bond acceptors (Lipinski definition) is 3. The van der Waals surface area contributed by atoms with Crippen molar-refractivity contribution in [3.63, 3.8) is 0 Å². The molecule has 0 aliphatic rings. The Kier molecular flexibility index (Phi) is 36.8. The molecule has 0 N–H and O–H groups in total. The molecule has 0 saturated carbocycles. The average Bonchev–Trinajstić information content (AvgIpc) is 1.68. The number of carbonyl (C=O) groups excluding carboxylic acids is 2. The number of esters is 1. The van der Waals surface area contributed by atoms with Crippen molar-refractivity contribution in [3.8, 4) is 0 Å². The molecule has 0 unspecified atom stereocenters. The van der Waals surface area contributed by atoms with E-state index in [4.69, 9.17) is 0 Å². The Morgan fingerprint density at radius 2 is 2.00 bits per heavy atom. The van der Waals surface area contributed by atoms with Crippen molar-refractivity contribution in [3.05, 3.63) is 13.8 Å². The van der Waals surface area contributed by atoms with E-state index in [-0.39, 0.29) is 61.2 Å². The van der Waals surface area contributed by atoms with E-state index in [1.807, 2.05) is 0 Å². The molecule has 0 amide bonds. The summed E-state index contributed by atoms with van der Waals surface area (Å²) in [6.45, 7) is 0. The fourth-order valence-corrected chi connectivity index (χ4v) is 0.107. The average molecular weight is 388 g/mol. The minimum absolute atomic E-state index is 0. The molecule has 0 heterocycles. The number of hydrogen-bond donors (Lipinski definition) is 0. The zero-order valence-electron chi connectivity index (χ0n) is 5.79. The molecule has 1 radical (unpaired) electrons. The van der Waals surface area contributed by atoms with Crippen molar-refractivity contribution >= 4 is 12.3 Å². The maximum Gasteiger partial charge on any atom is 2.00 e. The Morgan fingerprint density at radius 3 is 2.10 bits per heavy atom. The van der Waals surface area contributed by atoms with Crippen molar-refractivity contribution in [2.45, 2.75) is 0 Å². The summed E-state index contributed by atoms with van der Waals surface area (Å²) in [5.74, 6) is -0.671. The van der Waals surface area contributed by atoms with E-state index < -0.39 is 5.97 Å². The Labute approximate surface area is 100 Å². The first-order valence-corrected chi connectivity index (χ1v) is 1.60. The van der Waals surface area contributed by atoms with Gasteiger partial charge in [-0.1, -0.05) is 0 Å². The molecule has 10 heavy (non-hydrogen) atoms. The van der Waals surface area contributed by atoms with Crippen LogP contribution in [0.25, 0.3) is 0 Å². The fourth-order valence-electron chi connectivity index (χ4n) is 0.107. The van der Waals surface area contributed by atoms with E-state index in [0.29, 0.717) is 6.42 Å². The third kappa shape index (κ3) is 15.9. The van der Waals surface area contributed by atoms with Crippen LogP contribution in [0.3, 0.4) is 0 Å². The molecular weight excluding hydrogens is 381 g/mol. The maximum atomic E-state index is 9.87. The quantitative estimate of drug-likeness (QED) is 0.378. The zero-order valence-corrected chi connectivity index (χ0v) is 11.6. The monoisotopic (exact) mass is 388 g/mol. The van der Waals surface area contributed by atoms with E-state index in [1.165, 1.54) is 13.4 Å². The third-order valence-corrected chi connectivity index (χ3v) is 0.378. The minimum atomic E-state index is -0.671. The third-order valence-electron chi connectivity index (χ3n) is 0.378. The van der Waals surface area contributed by atoms with E-state index in [9.17, 15) is 9.59 Å². The zero-order chi connectivity index (χ0) is 5.70. The minimum Gasteiger partial charge on any atom is -0.576 e. The van der Waals surface area contributed by atoms with Crippen LogP contribution in [-0.4, -0.2) is 19.4 Å². The van der Waals surface area contributed by atoms with Gasteiger partial charge in [-0.2, -0.15) is 6.29 Å². The van der Waals surface area contributed by atoms with Crippen LogP contribution in [0.2, 0.25) is 0 Å². The first kappa shape index (κ1) is 22.4. The van der Waals surface area contributed by atoms with Crippen molar-refractivity contribution < 1.29 is 68.1 Å². The van der Waals surface area contributed by atoms with Gasteiger partial charge in [-0.15, -0.1) is 0 Å². The molecule has 0 aliphatic carbocycles. The molecule has 0 bridgehead atoms. The van der Waals surface area contributed by atoms with Crippen LogP contribution < -0.4 is 0 Å². The summed E-state index contributed by atoms with van der Waals surface area (Å²) in [5.41, 5.74) is 0. The van der Waals surface area contributed by atoms with Crippen LogP contribution in [0.1, 0.15) is 0 Å². The van der Waals surface area contributed by atoms with E-state index in [0.717, 1.165) is 0 Å². The van der Waals surface area contributed by atoms with Crippen molar-refractivity contribution in [2.24, 2.45) is 0 Å². The SMILES string of the molecule is COC(=O)[CH-][C-]=O.[CH3-].[W+2].[Y]. The summed E-state index contributed by atoms with van der Waals surface area (Å²) in [6.07, 6.45) is 1.95. The van der Waals surface area contributed by atoms with Gasteiger partial charge in [-0.05, 0) is 0 Å². The van der Waals surface area contributed by atoms with Crippen LogP contribution in [0.4, 0.5) is 0 Å². The van der Waals surface area contributed by atoms with Gasteiger partial charge in [0.1, 0.15) is 0 Å². The number of carbonyl (C=O) groups is 1. The normalized spacial score (nSPS) is 4.90. The second-order valence-electron chi connectivity index (χ2n) is 0.785. The van der Waals surface area contributed by atoms with Gasteiger partial charge in [0.2, 0.25) is 0 Å². The maximum absolute atomic E-state index is 9.87. The Morgan fingerprint density at radius 1 is 1.60 bits per heavy atom. The molecule has 0 aromatic rings. The Hall–Kier alpha value is 0.802. The molecule has 0 fully saturated rings. The summed E-state index contributed by atoms with van der Waals surface area (Å²) < 4.78 is 4.03. The summed E-state index contributed by atoms with van der Waals surface area (Å²) in [5, 5.41) is 0. The number of rotatable bonds is 2. The van der Waals surface area contributed by atoms with Gasteiger partial charge < -0.3 is 28.2 Å². The van der Waals surface area contributed by atoms with Crippen LogP contribution in [-0.2, 0) is 68.1 Å². The molecule has 3 nitrogen and oxygen atoms in total. The van der Waals surface area contributed by atoms with Crippen molar-refractivity contribution in [1.29, 1.82) is 0 Å². The van der Waals surface area contributed by atoms with Gasteiger partial charge in [0.15, 0.2) is 0 Å². The largest absolute Gasteiger partial charge is 2.00 e. The van der Waals surface area contributed by atoms with Crippen LogP contribution in [0, 0.1) is 13.8 Å². The molecule has 0 aromatic heterocycles. The molecule has 0 aromatic carbocycles. The number of methoxy groups -OCH3 is 1. The molecule has 55 valence electrons. The van der Waals surface area contributed by atoms with E-state index in [1.54, 1.807) is 0 Å². The first-order chi connectivity index (χ1) is 3.31. The van der Waals surface area contributed by atoms with Gasteiger partial charge in [0.25, 0.3) is 0 Å². The Bertz CT molecular complexity index is 87.0. The molecule has 0 aliphatic heterocycles. The van der Waals surface area contributed by atoms with E-state index >= 15 is 0 Å². The molecule has 0 saturated heterocycles. The van der Waals surface area contributed by atoms with Gasteiger partial charge >= 0.3 is 21.1 Å². The summed E-state index contributed by atoms with van der Waals surface area (Å²) >= 11 is 0. The molecule has 0 spiro atoms. The summed E-state index contributed by atoms with van der Waals surface area (Å²) in [7, 11) is 1.19. The van der Waals surface area contributed by atoms with Gasteiger partial charge in [-0.3, -0.25) is 0 Å². The summed E-state index contributed by atoms with van der Waals surface area (Å²) in [6, 6.07) is 0. The van der Waals surface area contributed by atoms with Crippen molar-refractivity contribution in [2.75, 3.05) is 7.11 Å². The van der Waals surface area contributed by atoms with E-state index in [2.05, 4.69) is 4.74 Å². The van der Waals surface area contributed by atoms with Gasteiger partial charge in [0, 0.05) is 38.7 Å². The van der Waals surface area contributed by atoms with Crippen LogP contribution in [0.15, 0.2) is 0 Å². The molecular formula is C5H7O3WY-. The molecule has 5 heteroatoms. The second-order valence-corrected chi connectivity index (χ2v) is 0.785. The van der Waals surface area contributed by atoms with Crippen LogP contribution in [0.5, 0.6) is 0 Å². The first-order valence-electron chi connectivity index (χ1n) is 1.60. The topological polar surface area (TPSA) is 43.4 Å². The smallest absolute Gasteiger partial charge is 0.576 e. The second kappa shape index (κ2) is 16.4. The van der Waals surface area contributed by atoms with Crippen molar-refractivity contribution in [1.82, 2.24) is 0 Å². The number of ether oxygens (including phenoxy) is 1. The fraction of sp³-hybridized carbons (Fsp3) is 0.200. The molecule has 0 rings (SSSR count). The summed E-state index contributed by atoms with van der Waals surface area (Å²) in [4.78, 5) is 19.2. The van der Waals surface area contributed by atoms with Crippen LogP contribution >= 0.6 is 0 Å².